The van der Waals surface area contributed by atoms with Gasteiger partial charge in [0, 0.05) is 44.2 Å². The van der Waals surface area contributed by atoms with Crippen molar-refractivity contribution in [1.29, 1.82) is 0 Å². The topological polar surface area (TPSA) is 102 Å². The molecule has 2 aromatic rings. The van der Waals surface area contributed by atoms with Gasteiger partial charge in [-0.3, -0.25) is 0 Å². The molecule has 2 aliphatic heterocycles. The van der Waals surface area contributed by atoms with Crippen LogP contribution in [-0.4, -0.2) is 66.0 Å². The maximum absolute atomic E-state index is 12.6. The Bertz CT molecular complexity index is 1180. The summed E-state index contributed by atoms with van der Waals surface area (Å²) in [5.74, 6) is 1.19. The molecule has 1 fully saturated rings. The number of ether oxygens (including phenoxy) is 2. The van der Waals surface area contributed by atoms with Crippen molar-refractivity contribution >= 4 is 27.4 Å². The van der Waals surface area contributed by atoms with Gasteiger partial charge in [0.05, 0.1) is 10.1 Å². The van der Waals surface area contributed by atoms with Gasteiger partial charge in [-0.2, -0.15) is 0 Å². The van der Waals surface area contributed by atoms with Gasteiger partial charge in [0.25, 0.3) is 0 Å². The first kappa shape index (κ1) is 25.2. The zero-order valence-corrected chi connectivity index (χ0v) is 21.8. The van der Waals surface area contributed by atoms with Crippen LogP contribution in [0.3, 0.4) is 0 Å². The minimum atomic E-state index is -3.32. The Morgan fingerprint density at radius 1 is 1.09 bits per heavy atom. The zero-order valence-electron chi connectivity index (χ0n) is 21.0. The summed E-state index contributed by atoms with van der Waals surface area (Å²) in [5.41, 5.74) is 1.42. The first-order valence-corrected chi connectivity index (χ1v) is 13.6. The summed E-state index contributed by atoms with van der Waals surface area (Å²) in [6.45, 7) is 10.8. The third-order valence-corrected chi connectivity index (χ3v) is 8.33. The van der Waals surface area contributed by atoms with Crippen LogP contribution in [-0.2, 0) is 21.0 Å². The minimum absolute atomic E-state index is 0.0499. The van der Waals surface area contributed by atoms with Crippen LogP contribution in [0.5, 0.6) is 5.88 Å². The number of nitrogens with zero attached hydrogens (tertiary/aromatic N) is 4. The van der Waals surface area contributed by atoms with Gasteiger partial charge in [-0.15, -0.1) is 0 Å². The van der Waals surface area contributed by atoms with E-state index in [0.29, 0.717) is 49.1 Å². The monoisotopic (exact) mass is 502 g/mol. The quantitative estimate of drug-likeness (QED) is 0.601. The first-order chi connectivity index (χ1) is 16.4. The normalized spacial score (nSPS) is 17.0. The van der Waals surface area contributed by atoms with Gasteiger partial charge in [0.15, 0.2) is 9.84 Å². The van der Waals surface area contributed by atoms with Crippen molar-refractivity contribution in [2.24, 2.45) is 0 Å². The lowest BCUT2D eigenvalue weighted by atomic mass is 10.1. The molecule has 2 aliphatic rings. The van der Waals surface area contributed by atoms with E-state index in [9.17, 15) is 13.2 Å². The predicted molar refractivity (Wildman–Crippen MR) is 133 cm³/mol. The Morgan fingerprint density at radius 3 is 2.46 bits per heavy atom. The van der Waals surface area contributed by atoms with Gasteiger partial charge in [-0.1, -0.05) is 0 Å². The van der Waals surface area contributed by atoms with Crippen molar-refractivity contribution in [3.8, 4) is 5.88 Å². The van der Waals surface area contributed by atoms with Crippen molar-refractivity contribution in [3.05, 3.63) is 36.2 Å². The van der Waals surface area contributed by atoms with Crippen molar-refractivity contribution < 1.29 is 22.7 Å². The van der Waals surface area contributed by atoms with Crippen LogP contribution in [0.1, 0.15) is 53.0 Å². The number of benzene rings is 1. The highest BCUT2D eigenvalue weighted by Gasteiger charge is 2.29. The van der Waals surface area contributed by atoms with Crippen LogP contribution in [0.2, 0.25) is 0 Å². The largest absolute Gasteiger partial charge is 0.474 e. The molecule has 0 spiro atoms. The number of carbonyl (C=O) groups is 1. The van der Waals surface area contributed by atoms with Gasteiger partial charge in [0.2, 0.25) is 5.88 Å². The van der Waals surface area contributed by atoms with E-state index < -0.39 is 20.7 Å². The van der Waals surface area contributed by atoms with E-state index in [4.69, 9.17) is 9.47 Å². The number of hydrogen-bond acceptors (Lipinski definition) is 8. The molecule has 190 valence electrons. The Labute approximate surface area is 207 Å². The maximum Gasteiger partial charge on any atom is 0.410 e. The molecule has 1 aromatic carbocycles. The molecule has 0 saturated carbocycles. The zero-order chi connectivity index (χ0) is 25.4. The summed E-state index contributed by atoms with van der Waals surface area (Å²) in [4.78, 5) is 25.1. The first-order valence-electron chi connectivity index (χ1n) is 12.0. The van der Waals surface area contributed by atoms with Gasteiger partial charge in [-0.25, -0.2) is 23.2 Å². The van der Waals surface area contributed by atoms with E-state index >= 15 is 0 Å². The number of aromatic nitrogens is 2. The summed E-state index contributed by atoms with van der Waals surface area (Å²) in [7, 11) is -3.32. The average molecular weight is 503 g/mol. The highest BCUT2D eigenvalue weighted by molar-refractivity contribution is 7.92. The van der Waals surface area contributed by atoms with Crippen LogP contribution in [0.4, 0.5) is 16.3 Å². The molecule has 0 aliphatic carbocycles. The molecular weight excluding hydrogens is 468 g/mol. The number of sulfone groups is 1. The van der Waals surface area contributed by atoms with Gasteiger partial charge in [-0.05, 0) is 64.8 Å². The standard InChI is InChI=1S/C25H34N4O5S/c1-17(2)35(31,32)20-6-7-21-18(14-20)8-13-29(21)22-15-23(27-16-26-22)33-19-9-11-28(12-10-19)24(30)34-25(3,4)5/h6-7,14-17,19H,8-13H2,1-5H3. The van der Waals surface area contributed by atoms with Crippen LogP contribution in [0, 0.1) is 0 Å². The van der Waals surface area contributed by atoms with Gasteiger partial charge < -0.3 is 19.3 Å². The molecule has 0 bridgehead atoms. The molecule has 9 nitrogen and oxygen atoms in total. The maximum atomic E-state index is 12.6. The van der Waals surface area contributed by atoms with Crippen LogP contribution in [0.25, 0.3) is 0 Å². The number of hydrogen-bond donors (Lipinski definition) is 0. The van der Waals surface area contributed by atoms with E-state index in [2.05, 4.69) is 14.9 Å². The third kappa shape index (κ3) is 5.69. The lowest BCUT2D eigenvalue weighted by Crippen LogP contribution is -2.44. The molecule has 1 saturated heterocycles. The highest BCUT2D eigenvalue weighted by atomic mass is 32.2. The van der Waals surface area contributed by atoms with E-state index in [1.165, 1.54) is 6.33 Å². The van der Waals surface area contributed by atoms with Crippen molar-refractivity contribution in [2.75, 3.05) is 24.5 Å². The van der Waals surface area contributed by atoms with E-state index in [1.807, 2.05) is 32.9 Å². The van der Waals surface area contributed by atoms with Gasteiger partial charge in [0.1, 0.15) is 23.9 Å². The number of amides is 1. The number of likely N-dealkylation sites (tertiary alicyclic amines) is 1. The number of carbonyl (C=O) groups excluding carboxylic acids is 1. The summed E-state index contributed by atoms with van der Waals surface area (Å²) in [5, 5.41) is -0.462. The lowest BCUT2D eigenvalue weighted by molar-refractivity contribution is 0.0123. The highest BCUT2D eigenvalue weighted by Crippen LogP contribution is 2.36. The van der Waals surface area contributed by atoms with Crippen LogP contribution >= 0.6 is 0 Å². The Kier molecular flexibility index (Phi) is 6.95. The minimum Gasteiger partial charge on any atom is -0.474 e. The molecule has 0 N–H and O–H groups in total. The lowest BCUT2D eigenvalue weighted by Gasteiger charge is -2.33. The number of anilines is 2. The molecule has 4 rings (SSSR count). The summed E-state index contributed by atoms with van der Waals surface area (Å²) >= 11 is 0. The fourth-order valence-corrected chi connectivity index (χ4v) is 5.37. The Hall–Kier alpha value is -2.88. The molecule has 3 heterocycles. The molecule has 35 heavy (non-hydrogen) atoms. The number of fused-ring (bicyclic) bond motifs is 1. The summed E-state index contributed by atoms with van der Waals surface area (Å²) < 4.78 is 36.7. The number of piperidine rings is 1. The van der Waals surface area contributed by atoms with Crippen LogP contribution < -0.4 is 9.64 Å². The van der Waals surface area contributed by atoms with E-state index in [0.717, 1.165) is 17.7 Å². The predicted octanol–water partition coefficient (Wildman–Crippen LogP) is 4.13. The molecule has 0 radical (unpaired) electrons. The fraction of sp³-hybridized carbons (Fsp3) is 0.560. The Morgan fingerprint density at radius 2 is 1.80 bits per heavy atom. The van der Waals surface area contributed by atoms with Crippen molar-refractivity contribution in [2.45, 2.75) is 75.7 Å². The molecule has 10 heteroatoms. The second kappa shape index (κ2) is 9.64. The van der Waals surface area contributed by atoms with Gasteiger partial charge >= 0.3 is 6.09 Å². The van der Waals surface area contributed by atoms with Crippen LogP contribution in [0.15, 0.2) is 35.5 Å². The second-order valence-corrected chi connectivity index (χ2v) is 12.8. The summed E-state index contributed by atoms with van der Waals surface area (Å²) in [6.07, 6.45) is 3.26. The van der Waals surface area contributed by atoms with E-state index in [-0.39, 0.29) is 12.2 Å². The molecular formula is C25H34N4O5S. The molecule has 0 unspecified atom stereocenters. The smallest absolute Gasteiger partial charge is 0.410 e. The van der Waals surface area contributed by atoms with Crippen molar-refractivity contribution in [3.63, 3.8) is 0 Å². The summed E-state index contributed by atoms with van der Waals surface area (Å²) in [6, 6.07) is 7.12. The van der Waals surface area contributed by atoms with Crippen molar-refractivity contribution in [1.82, 2.24) is 14.9 Å². The number of rotatable bonds is 5. The average Bonchev–Trinajstić information content (AvgIpc) is 3.22. The SMILES string of the molecule is CC(C)S(=O)(=O)c1ccc2c(c1)CCN2c1cc(OC2CCN(C(=O)OC(C)(C)C)CC2)ncn1. The Balaban J connectivity index is 1.41. The van der Waals surface area contributed by atoms with E-state index in [1.54, 1.807) is 30.9 Å². The second-order valence-electron chi connectivity index (χ2n) is 10.3. The molecule has 1 amide bonds. The third-order valence-electron chi connectivity index (χ3n) is 6.18. The molecule has 1 aromatic heterocycles. The fourth-order valence-electron chi connectivity index (χ4n) is 4.26. The molecule has 0 atom stereocenters.